The Bertz CT molecular complexity index is 821. The summed E-state index contributed by atoms with van der Waals surface area (Å²) in [6, 6.07) is 11.8. The minimum Gasteiger partial charge on any atom is -0.508 e. The Balaban J connectivity index is 1.64. The first-order chi connectivity index (χ1) is 11.3. The first-order valence-electron chi connectivity index (χ1n) is 8.00. The molecule has 1 aromatic carbocycles. The highest BCUT2D eigenvalue weighted by Gasteiger charge is 2.12. The molecule has 118 valence electrons. The van der Waals surface area contributed by atoms with E-state index in [1.165, 1.54) is 5.69 Å². The molecule has 0 radical (unpaired) electrons. The van der Waals surface area contributed by atoms with Gasteiger partial charge < -0.3 is 19.7 Å². The predicted octanol–water partition coefficient (Wildman–Crippen LogP) is 2.04. The number of aromatic nitrogens is 2. The van der Waals surface area contributed by atoms with E-state index < -0.39 is 0 Å². The van der Waals surface area contributed by atoms with Crippen molar-refractivity contribution in [2.45, 2.75) is 6.42 Å². The van der Waals surface area contributed by atoms with Crippen molar-refractivity contribution in [3.05, 3.63) is 60.2 Å². The number of anilines is 1. The number of phenolic OH excluding ortho intramolecular Hbond substituents is 1. The molecule has 1 aliphatic heterocycles. The normalized spacial score (nSPS) is 15.2. The monoisotopic (exact) mass is 308 g/mol. The maximum atomic E-state index is 9.95. The molecule has 0 atom stereocenters. The van der Waals surface area contributed by atoms with E-state index in [2.05, 4.69) is 37.9 Å². The molecule has 5 heteroatoms. The predicted molar refractivity (Wildman–Crippen MR) is 91.2 cm³/mol. The van der Waals surface area contributed by atoms with Gasteiger partial charge >= 0.3 is 0 Å². The Morgan fingerprint density at radius 2 is 1.96 bits per heavy atom. The third kappa shape index (κ3) is 2.75. The second-order valence-corrected chi connectivity index (χ2v) is 5.90. The SMILES string of the molecule is Oc1ccccc1Cc1ncc2cc(N3CCNCC3)ccn12. The number of phenols is 1. The van der Waals surface area contributed by atoms with Gasteiger partial charge in [0.15, 0.2) is 0 Å². The van der Waals surface area contributed by atoms with Crippen LogP contribution in [0, 0.1) is 0 Å². The van der Waals surface area contributed by atoms with E-state index in [4.69, 9.17) is 0 Å². The number of nitrogens with one attached hydrogen (secondary N) is 1. The Morgan fingerprint density at radius 3 is 2.78 bits per heavy atom. The fraction of sp³-hybridized carbons (Fsp3) is 0.278. The van der Waals surface area contributed by atoms with Crippen LogP contribution in [0.5, 0.6) is 5.75 Å². The molecule has 5 nitrogen and oxygen atoms in total. The molecule has 0 bridgehead atoms. The second-order valence-electron chi connectivity index (χ2n) is 5.90. The Hall–Kier alpha value is -2.53. The largest absolute Gasteiger partial charge is 0.508 e. The summed E-state index contributed by atoms with van der Waals surface area (Å²) in [7, 11) is 0. The number of nitrogens with zero attached hydrogens (tertiary/aromatic N) is 3. The number of fused-ring (bicyclic) bond motifs is 1. The third-order valence-electron chi connectivity index (χ3n) is 4.41. The van der Waals surface area contributed by atoms with Gasteiger partial charge in [-0.2, -0.15) is 0 Å². The number of imidazole rings is 1. The van der Waals surface area contributed by atoms with Crippen LogP contribution >= 0.6 is 0 Å². The summed E-state index contributed by atoms with van der Waals surface area (Å²) >= 11 is 0. The van der Waals surface area contributed by atoms with Crippen LogP contribution in [0.25, 0.3) is 5.52 Å². The van der Waals surface area contributed by atoms with Crippen molar-refractivity contribution >= 4 is 11.2 Å². The zero-order chi connectivity index (χ0) is 15.6. The van der Waals surface area contributed by atoms with Crippen LogP contribution in [0.2, 0.25) is 0 Å². The van der Waals surface area contributed by atoms with Crippen molar-refractivity contribution in [1.82, 2.24) is 14.7 Å². The van der Waals surface area contributed by atoms with Crippen LogP contribution in [0.4, 0.5) is 5.69 Å². The van der Waals surface area contributed by atoms with Crippen LogP contribution in [0.15, 0.2) is 48.8 Å². The van der Waals surface area contributed by atoms with Crippen molar-refractivity contribution < 1.29 is 5.11 Å². The molecule has 2 aromatic heterocycles. The van der Waals surface area contributed by atoms with E-state index in [-0.39, 0.29) is 0 Å². The van der Waals surface area contributed by atoms with Crippen LogP contribution in [0.3, 0.4) is 0 Å². The number of pyridine rings is 1. The highest BCUT2D eigenvalue weighted by Crippen LogP contribution is 2.22. The van der Waals surface area contributed by atoms with Crippen LogP contribution in [-0.4, -0.2) is 40.7 Å². The van der Waals surface area contributed by atoms with Crippen LogP contribution in [0.1, 0.15) is 11.4 Å². The van der Waals surface area contributed by atoms with Gasteiger partial charge in [-0.15, -0.1) is 0 Å². The zero-order valence-electron chi connectivity index (χ0n) is 12.9. The summed E-state index contributed by atoms with van der Waals surface area (Å²) in [5.41, 5.74) is 3.23. The number of aromatic hydroxyl groups is 1. The molecule has 1 aliphatic rings. The molecular weight excluding hydrogens is 288 g/mol. The van der Waals surface area contributed by atoms with Crippen molar-refractivity contribution in [1.29, 1.82) is 0 Å². The fourth-order valence-electron chi connectivity index (χ4n) is 3.12. The first kappa shape index (κ1) is 14.1. The molecule has 3 heterocycles. The molecule has 2 N–H and O–H groups in total. The number of rotatable bonds is 3. The summed E-state index contributed by atoms with van der Waals surface area (Å²) in [6.07, 6.45) is 4.60. The van der Waals surface area contributed by atoms with E-state index >= 15 is 0 Å². The van der Waals surface area contributed by atoms with Gasteiger partial charge in [-0.1, -0.05) is 18.2 Å². The number of hydrogen-bond acceptors (Lipinski definition) is 4. The fourth-order valence-corrected chi connectivity index (χ4v) is 3.12. The van der Waals surface area contributed by atoms with Gasteiger partial charge in [0.25, 0.3) is 0 Å². The van der Waals surface area contributed by atoms with E-state index in [1.54, 1.807) is 6.07 Å². The minimum absolute atomic E-state index is 0.321. The maximum Gasteiger partial charge on any atom is 0.119 e. The Kier molecular flexibility index (Phi) is 3.63. The van der Waals surface area contributed by atoms with Crippen molar-refractivity contribution in [3.8, 4) is 5.75 Å². The number of para-hydroxylation sites is 1. The lowest BCUT2D eigenvalue weighted by Gasteiger charge is -2.29. The molecule has 3 aromatic rings. The Labute approximate surface area is 135 Å². The lowest BCUT2D eigenvalue weighted by Crippen LogP contribution is -2.43. The summed E-state index contributed by atoms with van der Waals surface area (Å²) in [5.74, 6) is 1.26. The van der Waals surface area contributed by atoms with Crippen LogP contribution < -0.4 is 10.2 Å². The lowest BCUT2D eigenvalue weighted by atomic mass is 10.1. The average molecular weight is 308 g/mol. The average Bonchev–Trinajstić information content (AvgIpc) is 3.00. The van der Waals surface area contributed by atoms with Gasteiger partial charge in [0.1, 0.15) is 11.6 Å². The topological polar surface area (TPSA) is 52.8 Å². The number of hydrogen-bond donors (Lipinski definition) is 2. The Morgan fingerprint density at radius 1 is 1.13 bits per heavy atom. The molecule has 4 rings (SSSR count). The zero-order valence-corrected chi connectivity index (χ0v) is 12.9. The number of piperazine rings is 1. The summed E-state index contributed by atoms with van der Waals surface area (Å²) in [4.78, 5) is 6.93. The number of benzene rings is 1. The van der Waals surface area contributed by atoms with Gasteiger partial charge in [-0.3, -0.25) is 0 Å². The molecular formula is C18H20N4O. The van der Waals surface area contributed by atoms with E-state index in [0.29, 0.717) is 12.2 Å². The quantitative estimate of drug-likeness (QED) is 0.777. The summed E-state index contributed by atoms with van der Waals surface area (Å²) in [5, 5.41) is 13.3. The van der Waals surface area contributed by atoms with E-state index in [0.717, 1.165) is 43.1 Å². The summed E-state index contributed by atoms with van der Waals surface area (Å²) in [6.45, 7) is 4.13. The standard InChI is InChI=1S/C18H20N4O/c23-17-4-2-1-3-14(17)11-18-20-13-16-12-15(5-8-22(16)18)21-9-6-19-7-10-21/h1-5,8,12-13,19,23H,6-7,9-11H2. The minimum atomic E-state index is 0.321. The van der Waals surface area contributed by atoms with Crippen molar-refractivity contribution in [3.63, 3.8) is 0 Å². The molecule has 1 fully saturated rings. The summed E-state index contributed by atoms with van der Waals surface area (Å²) < 4.78 is 2.10. The lowest BCUT2D eigenvalue weighted by molar-refractivity contribution is 0.469. The van der Waals surface area contributed by atoms with Crippen molar-refractivity contribution in [2.24, 2.45) is 0 Å². The first-order valence-corrected chi connectivity index (χ1v) is 8.00. The van der Waals surface area contributed by atoms with E-state index in [9.17, 15) is 5.11 Å². The van der Waals surface area contributed by atoms with Crippen molar-refractivity contribution in [2.75, 3.05) is 31.1 Å². The smallest absolute Gasteiger partial charge is 0.119 e. The molecule has 0 spiro atoms. The van der Waals surface area contributed by atoms with E-state index in [1.807, 2.05) is 24.4 Å². The molecule has 23 heavy (non-hydrogen) atoms. The molecule has 1 saturated heterocycles. The second kappa shape index (κ2) is 5.93. The maximum absolute atomic E-state index is 9.95. The molecule has 0 aliphatic carbocycles. The molecule has 0 amide bonds. The highest BCUT2D eigenvalue weighted by atomic mass is 16.3. The van der Waals surface area contributed by atoms with Gasteiger partial charge in [0.05, 0.1) is 11.7 Å². The van der Waals surface area contributed by atoms with Gasteiger partial charge in [-0.25, -0.2) is 4.98 Å². The van der Waals surface area contributed by atoms with Gasteiger partial charge in [0, 0.05) is 50.0 Å². The molecule has 0 unspecified atom stereocenters. The third-order valence-corrected chi connectivity index (χ3v) is 4.41. The van der Waals surface area contributed by atoms with Crippen LogP contribution in [-0.2, 0) is 6.42 Å². The molecule has 0 saturated carbocycles. The highest BCUT2D eigenvalue weighted by molar-refractivity contribution is 5.60. The van der Waals surface area contributed by atoms with Gasteiger partial charge in [0.2, 0.25) is 0 Å². The van der Waals surface area contributed by atoms with Gasteiger partial charge in [-0.05, 0) is 18.2 Å².